The van der Waals surface area contributed by atoms with Gasteiger partial charge in [0.1, 0.15) is 0 Å². The van der Waals surface area contributed by atoms with E-state index in [1.165, 1.54) is 11.4 Å². The minimum Gasteiger partial charge on any atom is -0.325 e. The zero-order valence-corrected chi connectivity index (χ0v) is 10.7. The van der Waals surface area contributed by atoms with Crippen molar-refractivity contribution < 1.29 is 8.42 Å². The first-order valence-corrected chi connectivity index (χ1v) is 6.64. The summed E-state index contributed by atoms with van der Waals surface area (Å²) in [5.74, 6) is -0.0780. The summed E-state index contributed by atoms with van der Waals surface area (Å²) in [6, 6.07) is 8.95. The molecule has 0 unspecified atom stereocenters. The largest absolute Gasteiger partial charge is 0.325 e. The molecule has 0 saturated carbocycles. The Balaban J connectivity index is 2.94. The van der Waals surface area contributed by atoms with Crippen molar-refractivity contribution in [1.29, 1.82) is 0 Å². The Hall–Kier alpha value is -1.07. The maximum absolute atomic E-state index is 12.0. The average Bonchev–Trinajstić information content (AvgIpc) is 2.14. The monoisotopic (exact) mass is 242 g/mol. The summed E-state index contributed by atoms with van der Waals surface area (Å²) < 4.78 is 25.3. The number of rotatable bonds is 4. The zero-order valence-electron chi connectivity index (χ0n) is 9.84. The quantitative estimate of drug-likeness (QED) is 0.862. The molecule has 1 rings (SSSR count). The normalized spacial score (nSPS) is 12.5. The molecule has 0 amide bonds. The Morgan fingerprint density at radius 2 is 1.75 bits per heavy atom. The van der Waals surface area contributed by atoms with Gasteiger partial charge in [-0.1, -0.05) is 18.2 Å². The van der Waals surface area contributed by atoms with Gasteiger partial charge < -0.3 is 5.73 Å². The summed E-state index contributed by atoms with van der Waals surface area (Å²) in [6.07, 6.45) is 0. The van der Waals surface area contributed by atoms with E-state index in [0.29, 0.717) is 5.69 Å². The SMILES string of the molecule is CN(c1ccccc1)S(=O)(=O)CC(C)(C)N. The summed E-state index contributed by atoms with van der Waals surface area (Å²) in [4.78, 5) is 0. The van der Waals surface area contributed by atoms with Crippen LogP contribution in [0.4, 0.5) is 5.69 Å². The number of para-hydroxylation sites is 1. The van der Waals surface area contributed by atoms with Crippen LogP contribution in [0.5, 0.6) is 0 Å². The molecular formula is C11H18N2O2S. The molecule has 1 aromatic rings. The highest BCUT2D eigenvalue weighted by Crippen LogP contribution is 2.17. The molecule has 0 radical (unpaired) electrons. The number of anilines is 1. The van der Waals surface area contributed by atoms with Crippen LogP contribution in [0.3, 0.4) is 0 Å². The second-order valence-corrected chi connectivity index (χ2v) is 6.55. The Labute approximate surface area is 97.1 Å². The number of nitrogens with zero attached hydrogens (tertiary/aromatic N) is 1. The lowest BCUT2D eigenvalue weighted by Crippen LogP contribution is -2.44. The maximum Gasteiger partial charge on any atom is 0.236 e. The average molecular weight is 242 g/mol. The van der Waals surface area contributed by atoms with Crippen LogP contribution >= 0.6 is 0 Å². The van der Waals surface area contributed by atoms with Gasteiger partial charge in [0.25, 0.3) is 0 Å². The molecule has 0 aliphatic rings. The highest BCUT2D eigenvalue weighted by atomic mass is 32.2. The standard InChI is InChI=1S/C11H18N2O2S/c1-11(2,12)9-16(14,15)13(3)10-7-5-4-6-8-10/h4-8H,9,12H2,1-3H3. The van der Waals surface area contributed by atoms with E-state index in [1.54, 1.807) is 38.1 Å². The van der Waals surface area contributed by atoms with E-state index in [2.05, 4.69) is 0 Å². The van der Waals surface area contributed by atoms with Gasteiger partial charge in [0.15, 0.2) is 0 Å². The Morgan fingerprint density at radius 3 is 2.19 bits per heavy atom. The van der Waals surface area contributed by atoms with Crippen LogP contribution in [-0.2, 0) is 10.0 Å². The lowest BCUT2D eigenvalue weighted by Gasteiger charge is -2.25. The van der Waals surface area contributed by atoms with Crippen LogP contribution in [-0.4, -0.2) is 26.8 Å². The van der Waals surface area contributed by atoms with E-state index in [-0.39, 0.29) is 5.75 Å². The van der Waals surface area contributed by atoms with Crippen molar-refractivity contribution in [2.75, 3.05) is 17.1 Å². The van der Waals surface area contributed by atoms with Gasteiger partial charge in [-0.3, -0.25) is 4.31 Å². The van der Waals surface area contributed by atoms with Crippen molar-refractivity contribution in [1.82, 2.24) is 0 Å². The molecule has 0 aliphatic carbocycles. The van der Waals surface area contributed by atoms with Crippen LogP contribution in [0.15, 0.2) is 30.3 Å². The van der Waals surface area contributed by atoms with Crippen molar-refractivity contribution in [3.05, 3.63) is 30.3 Å². The van der Waals surface area contributed by atoms with E-state index in [0.717, 1.165) is 0 Å². The van der Waals surface area contributed by atoms with Gasteiger partial charge in [-0.15, -0.1) is 0 Å². The predicted octanol–water partition coefficient (Wildman–Crippen LogP) is 1.19. The van der Waals surface area contributed by atoms with Crippen molar-refractivity contribution in [2.45, 2.75) is 19.4 Å². The molecule has 0 atom stereocenters. The van der Waals surface area contributed by atoms with Gasteiger partial charge >= 0.3 is 0 Å². The van der Waals surface area contributed by atoms with Gasteiger partial charge in [-0.25, -0.2) is 8.42 Å². The second-order valence-electron chi connectivity index (χ2n) is 4.55. The summed E-state index contributed by atoms with van der Waals surface area (Å²) in [7, 11) is -1.82. The molecule has 0 fully saturated rings. The minimum absolute atomic E-state index is 0.0780. The van der Waals surface area contributed by atoms with E-state index in [1.807, 2.05) is 6.07 Å². The lowest BCUT2D eigenvalue weighted by molar-refractivity contribution is 0.543. The van der Waals surface area contributed by atoms with Gasteiger partial charge in [-0.05, 0) is 26.0 Å². The first-order chi connectivity index (χ1) is 7.22. The molecule has 1 aromatic carbocycles. The summed E-state index contributed by atoms with van der Waals surface area (Å²) in [6.45, 7) is 3.40. The molecule has 90 valence electrons. The van der Waals surface area contributed by atoms with Crippen LogP contribution in [0.25, 0.3) is 0 Å². The van der Waals surface area contributed by atoms with Crippen molar-refractivity contribution in [3.8, 4) is 0 Å². The number of hydrogen-bond donors (Lipinski definition) is 1. The van der Waals surface area contributed by atoms with Gasteiger partial charge in [0.05, 0.1) is 11.4 Å². The molecule has 0 heterocycles. The molecule has 0 aromatic heterocycles. The van der Waals surface area contributed by atoms with Gasteiger partial charge in [0, 0.05) is 12.6 Å². The molecule has 16 heavy (non-hydrogen) atoms. The van der Waals surface area contributed by atoms with Crippen molar-refractivity contribution in [3.63, 3.8) is 0 Å². The fourth-order valence-electron chi connectivity index (χ4n) is 1.37. The Morgan fingerprint density at radius 1 is 1.25 bits per heavy atom. The molecular weight excluding hydrogens is 224 g/mol. The maximum atomic E-state index is 12.0. The van der Waals surface area contributed by atoms with Crippen LogP contribution in [0.1, 0.15) is 13.8 Å². The highest BCUT2D eigenvalue weighted by molar-refractivity contribution is 7.92. The Bertz CT molecular complexity index is 435. The van der Waals surface area contributed by atoms with Gasteiger partial charge in [-0.2, -0.15) is 0 Å². The van der Waals surface area contributed by atoms with E-state index in [4.69, 9.17) is 5.73 Å². The number of hydrogen-bond acceptors (Lipinski definition) is 3. The third-order valence-corrected chi connectivity index (χ3v) is 4.25. The molecule has 5 heteroatoms. The third-order valence-electron chi connectivity index (χ3n) is 2.09. The summed E-state index contributed by atoms with van der Waals surface area (Å²) in [5, 5.41) is 0. The molecule has 0 aliphatic heterocycles. The fraction of sp³-hybridized carbons (Fsp3) is 0.455. The minimum atomic E-state index is -3.36. The van der Waals surface area contributed by atoms with E-state index >= 15 is 0 Å². The number of sulfonamides is 1. The van der Waals surface area contributed by atoms with E-state index < -0.39 is 15.6 Å². The van der Waals surface area contributed by atoms with Gasteiger partial charge in [0.2, 0.25) is 10.0 Å². The fourth-order valence-corrected chi connectivity index (χ4v) is 2.94. The van der Waals surface area contributed by atoms with E-state index in [9.17, 15) is 8.42 Å². The predicted molar refractivity (Wildman–Crippen MR) is 66.9 cm³/mol. The van der Waals surface area contributed by atoms with Crippen LogP contribution in [0, 0.1) is 0 Å². The number of nitrogens with two attached hydrogens (primary N) is 1. The first-order valence-electron chi connectivity index (χ1n) is 5.03. The van der Waals surface area contributed by atoms with Crippen molar-refractivity contribution >= 4 is 15.7 Å². The summed E-state index contributed by atoms with van der Waals surface area (Å²) >= 11 is 0. The zero-order chi connectivity index (χ0) is 12.4. The molecule has 0 bridgehead atoms. The smallest absolute Gasteiger partial charge is 0.236 e. The lowest BCUT2D eigenvalue weighted by atomic mass is 10.1. The summed E-state index contributed by atoms with van der Waals surface area (Å²) in [5.41, 5.74) is 5.64. The molecule has 4 nitrogen and oxygen atoms in total. The second kappa shape index (κ2) is 4.43. The molecule has 0 saturated heterocycles. The van der Waals surface area contributed by atoms with Crippen LogP contribution < -0.4 is 10.0 Å². The highest BCUT2D eigenvalue weighted by Gasteiger charge is 2.26. The molecule has 2 N–H and O–H groups in total. The first kappa shape index (κ1) is 13.0. The van der Waals surface area contributed by atoms with Crippen molar-refractivity contribution in [2.24, 2.45) is 5.73 Å². The third kappa shape index (κ3) is 3.50. The number of benzene rings is 1. The topological polar surface area (TPSA) is 63.4 Å². The molecule has 0 spiro atoms. The Kier molecular flexibility index (Phi) is 3.60. The van der Waals surface area contributed by atoms with Crippen LogP contribution in [0.2, 0.25) is 0 Å².